The van der Waals surface area contributed by atoms with Crippen molar-refractivity contribution in [2.45, 2.75) is 20.3 Å². The Labute approximate surface area is 73.6 Å². The third kappa shape index (κ3) is 2.66. The van der Waals surface area contributed by atoms with Crippen molar-refractivity contribution in [3.8, 4) is 0 Å². The van der Waals surface area contributed by atoms with Crippen LogP contribution >= 0.6 is 0 Å². The van der Waals surface area contributed by atoms with Gasteiger partial charge in [-0.2, -0.15) is 0 Å². The molecule has 0 aromatic rings. The van der Waals surface area contributed by atoms with Crippen LogP contribution in [0.4, 0.5) is 0 Å². The summed E-state index contributed by atoms with van der Waals surface area (Å²) in [6.45, 7) is 8.09. The molecular weight excluding hydrogens is 154 g/mol. The summed E-state index contributed by atoms with van der Waals surface area (Å²) in [5.74, 6) is -0.353. The molecule has 2 N–H and O–H groups in total. The van der Waals surface area contributed by atoms with E-state index >= 15 is 0 Å². The van der Waals surface area contributed by atoms with Gasteiger partial charge in [-0.1, -0.05) is 20.4 Å². The molecule has 0 radical (unpaired) electrons. The molecule has 0 saturated carbocycles. The maximum absolute atomic E-state index is 11.1. The van der Waals surface area contributed by atoms with Crippen LogP contribution in [0.3, 0.4) is 0 Å². The molecule has 0 spiro atoms. The van der Waals surface area contributed by atoms with Crippen LogP contribution < -0.4 is 5.73 Å². The number of rotatable bonds is 4. The highest BCUT2D eigenvalue weighted by Gasteiger charge is 2.26. The summed E-state index contributed by atoms with van der Waals surface area (Å²) in [4.78, 5) is 11.1. The first kappa shape index (κ1) is 11.2. The van der Waals surface area contributed by atoms with Crippen LogP contribution in [0.5, 0.6) is 0 Å². The minimum atomic E-state index is -0.353. The molecule has 12 heavy (non-hydrogen) atoms. The molecule has 0 fully saturated rings. The average Bonchev–Trinajstić information content (AvgIpc) is 2.01. The number of nitrogens with two attached hydrogens (primary N) is 1. The largest absolute Gasteiger partial charge is 0.466 e. The molecule has 70 valence electrons. The number of carbonyl (C=O) groups excluding carboxylic acids is 1. The van der Waals surface area contributed by atoms with Gasteiger partial charge in [0, 0.05) is 5.57 Å². The van der Waals surface area contributed by atoms with Gasteiger partial charge in [-0.05, 0) is 18.4 Å². The Morgan fingerprint density at radius 1 is 1.58 bits per heavy atom. The summed E-state index contributed by atoms with van der Waals surface area (Å²) in [5.41, 5.74) is 5.62. The van der Waals surface area contributed by atoms with E-state index in [-0.39, 0.29) is 11.4 Å². The first-order valence-corrected chi connectivity index (χ1v) is 3.93. The van der Waals surface area contributed by atoms with Crippen LogP contribution in [0.15, 0.2) is 12.2 Å². The number of hydrogen-bond donors (Lipinski definition) is 1. The monoisotopic (exact) mass is 171 g/mol. The summed E-state index contributed by atoms with van der Waals surface area (Å²) in [5, 5.41) is 0. The van der Waals surface area contributed by atoms with Crippen LogP contribution in [0.2, 0.25) is 0 Å². The second-order valence-corrected chi connectivity index (χ2v) is 3.39. The van der Waals surface area contributed by atoms with Crippen molar-refractivity contribution in [2.75, 3.05) is 13.7 Å². The van der Waals surface area contributed by atoms with E-state index < -0.39 is 0 Å². The third-order valence-corrected chi connectivity index (χ3v) is 2.02. The molecule has 0 atom stereocenters. The zero-order valence-electron chi connectivity index (χ0n) is 8.02. The second-order valence-electron chi connectivity index (χ2n) is 3.39. The zero-order valence-corrected chi connectivity index (χ0v) is 8.02. The lowest BCUT2D eigenvalue weighted by atomic mass is 9.82. The van der Waals surface area contributed by atoms with Gasteiger partial charge >= 0.3 is 5.97 Å². The van der Waals surface area contributed by atoms with Gasteiger partial charge in [0.1, 0.15) is 0 Å². The van der Waals surface area contributed by atoms with Gasteiger partial charge in [-0.25, -0.2) is 4.79 Å². The predicted molar refractivity (Wildman–Crippen MR) is 48.6 cm³/mol. The van der Waals surface area contributed by atoms with E-state index in [1.165, 1.54) is 7.11 Å². The maximum Gasteiger partial charge on any atom is 0.333 e. The van der Waals surface area contributed by atoms with Crippen molar-refractivity contribution in [1.82, 2.24) is 0 Å². The van der Waals surface area contributed by atoms with Crippen molar-refractivity contribution < 1.29 is 9.53 Å². The van der Waals surface area contributed by atoms with E-state index in [9.17, 15) is 4.79 Å². The molecule has 0 heterocycles. The standard InChI is InChI=1S/C9H17NO2/c1-7(8(11)12-4)9(2,3)5-6-10/h1,5-6,10H2,2-4H3. The summed E-state index contributed by atoms with van der Waals surface area (Å²) in [7, 11) is 1.35. The lowest BCUT2D eigenvalue weighted by Gasteiger charge is -2.24. The van der Waals surface area contributed by atoms with Crippen LogP contribution in [-0.2, 0) is 9.53 Å². The molecular formula is C9H17NO2. The van der Waals surface area contributed by atoms with Crippen LogP contribution in [0, 0.1) is 5.41 Å². The Morgan fingerprint density at radius 3 is 2.42 bits per heavy atom. The molecule has 0 aromatic heterocycles. The Balaban J connectivity index is 4.34. The topological polar surface area (TPSA) is 52.3 Å². The molecule has 0 amide bonds. The van der Waals surface area contributed by atoms with E-state index in [4.69, 9.17) is 5.73 Å². The minimum Gasteiger partial charge on any atom is -0.466 e. The van der Waals surface area contributed by atoms with Gasteiger partial charge in [0.05, 0.1) is 7.11 Å². The number of esters is 1. The molecule has 0 aliphatic heterocycles. The fraction of sp³-hybridized carbons (Fsp3) is 0.667. The summed E-state index contributed by atoms with van der Waals surface area (Å²) < 4.78 is 4.57. The number of carbonyl (C=O) groups is 1. The van der Waals surface area contributed by atoms with Gasteiger partial charge in [0.2, 0.25) is 0 Å². The number of ether oxygens (including phenoxy) is 1. The Morgan fingerprint density at radius 2 is 2.08 bits per heavy atom. The van der Waals surface area contributed by atoms with Crippen LogP contribution in [-0.4, -0.2) is 19.6 Å². The molecule has 0 aliphatic carbocycles. The summed E-state index contributed by atoms with van der Waals surface area (Å²) >= 11 is 0. The van der Waals surface area contributed by atoms with Crippen LogP contribution in [0.1, 0.15) is 20.3 Å². The molecule has 3 nitrogen and oxygen atoms in total. The van der Waals surface area contributed by atoms with Gasteiger partial charge in [-0.3, -0.25) is 0 Å². The van der Waals surface area contributed by atoms with Gasteiger partial charge in [-0.15, -0.1) is 0 Å². The van der Waals surface area contributed by atoms with Gasteiger partial charge < -0.3 is 10.5 Å². The normalized spacial score (nSPS) is 11.0. The quantitative estimate of drug-likeness (QED) is 0.509. The first-order chi connectivity index (χ1) is 5.45. The van der Waals surface area contributed by atoms with E-state index in [1.807, 2.05) is 13.8 Å². The van der Waals surface area contributed by atoms with Crippen molar-refractivity contribution >= 4 is 5.97 Å². The van der Waals surface area contributed by atoms with Crippen molar-refractivity contribution in [1.29, 1.82) is 0 Å². The minimum absolute atomic E-state index is 0.262. The predicted octanol–water partition coefficient (Wildman–Crippen LogP) is 1.09. The third-order valence-electron chi connectivity index (χ3n) is 2.02. The molecule has 0 saturated heterocycles. The molecule has 0 rings (SSSR count). The summed E-state index contributed by atoms with van der Waals surface area (Å²) in [6, 6.07) is 0. The lowest BCUT2D eigenvalue weighted by Crippen LogP contribution is -2.24. The highest BCUT2D eigenvalue weighted by atomic mass is 16.5. The molecule has 0 aliphatic rings. The van der Waals surface area contributed by atoms with Gasteiger partial charge in [0.15, 0.2) is 0 Å². The highest BCUT2D eigenvalue weighted by molar-refractivity contribution is 5.88. The first-order valence-electron chi connectivity index (χ1n) is 3.93. The molecule has 3 heteroatoms. The smallest absolute Gasteiger partial charge is 0.333 e. The van der Waals surface area contributed by atoms with Crippen molar-refractivity contribution in [3.63, 3.8) is 0 Å². The van der Waals surface area contributed by atoms with Crippen LogP contribution in [0.25, 0.3) is 0 Å². The zero-order chi connectivity index (χ0) is 9.78. The molecule has 0 unspecified atom stereocenters. The van der Waals surface area contributed by atoms with E-state index in [2.05, 4.69) is 11.3 Å². The number of methoxy groups -OCH3 is 1. The van der Waals surface area contributed by atoms with Crippen molar-refractivity contribution in [3.05, 3.63) is 12.2 Å². The van der Waals surface area contributed by atoms with Gasteiger partial charge in [0.25, 0.3) is 0 Å². The van der Waals surface area contributed by atoms with E-state index in [0.29, 0.717) is 12.1 Å². The number of hydrogen-bond acceptors (Lipinski definition) is 3. The Kier molecular flexibility index (Phi) is 3.96. The Bertz CT molecular complexity index is 185. The summed E-state index contributed by atoms with van der Waals surface area (Å²) in [6.07, 6.45) is 0.737. The second kappa shape index (κ2) is 4.26. The molecule has 0 aromatic carbocycles. The fourth-order valence-electron chi connectivity index (χ4n) is 0.911. The van der Waals surface area contributed by atoms with Crippen molar-refractivity contribution in [2.24, 2.45) is 11.1 Å². The van der Waals surface area contributed by atoms with E-state index in [1.54, 1.807) is 0 Å². The Hall–Kier alpha value is -0.830. The van der Waals surface area contributed by atoms with E-state index in [0.717, 1.165) is 6.42 Å². The highest BCUT2D eigenvalue weighted by Crippen LogP contribution is 2.28. The fourth-order valence-corrected chi connectivity index (χ4v) is 0.911. The average molecular weight is 171 g/mol. The SMILES string of the molecule is C=C(C(=O)OC)C(C)(C)CCN. The maximum atomic E-state index is 11.1. The lowest BCUT2D eigenvalue weighted by molar-refractivity contribution is -0.137. The molecule has 0 bridgehead atoms.